The zero-order valence-electron chi connectivity index (χ0n) is 17.5. The second-order valence-corrected chi connectivity index (χ2v) is 7.52. The first-order chi connectivity index (χ1) is 15.8. The highest BCUT2D eigenvalue weighted by molar-refractivity contribution is 7.80. The van der Waals surface area contributed by atoms with Gasteiger partial charge in [-0.2, -0.15) is 0 Å². The second kappa shape index (κ2) is 8.79. The summed E-state index contributed by atoms with van der Waals surface area (Å²) in [6.07, 6.45) is 1.26. The van der Waals surface area contributed by atoms with Gasteiger partial charge in [0.15, 0.2) is 5.11 Å². The van der Waals surface area contributed by atoms with Crippen LogP contribution in [0.3, 0.4) is 0 Å². The number of furan rings is 1. The molecule has 33 heavy (non-hydrogen) atoms. The third-order valence-corrected chi connectivity index (χ3v) is 5.32. The molecular weight excluding hydrogens is 447 g/mol. The van der Waals surface area contributed by atoms with Gasteiger partial charge in [-0.15, -0.1) is 0 Å². The van der Waals surface area contributed by atoms with E-state index >= 15 is 0 Å². The van der Waals surface area contributed by atoms with Crippen LogP contribution in [0.4, 0.5) is 10.1 Å². The number of ether oxygens (including phenoxy) is 1. The van der Waals surface area contributed by atoms with Gasteiger partial charge in [-0.25, -0.2) is 14.1 Å². The van der Waals surface area contributed by atoms with Crippen LogP contribution in [0.2, 0.25) is 0 Å². The fraction of sp³-hybridized carbons (Fsp3) is 0.0833. The van der Waals surface area contributed by atoms with Crippen molar-refractivity contribution in [3.63, 3.8) is 0 Å². The molecule has 1 aromatic heterocycles. The third kappa shape index (κ3) is 4.18. The number of carbonyl (C=O) groups excluding carboxylic acids is 3. The van der Waals surface area contributed by atoms with Gasteiger partial charge in [0, 0.05) is 5.56 Å². The van der Waals surface area contributed by atoms with Crippen LogP contribution in [0.25, 0.3) is 17.4 Å². The van der Waals surface area contributed by atoms with Crippen LogP contribution in [-0.2, 0) is 14.3 Å². The Bertz CT molecular complexity index is 1340. The predicted molar refractivity (Wildman–Crippen MR) is 123 cm³/mol. The van der Waals surface area contributed by atoms with Gasteiger partial charge in [-0.3, -0.25) is 14.9 Å². The zero-order valence-corrected chi connectivity index (χ0v) is 18.4. The minimum Gasteiger partial charge on any atom is -0.465 e. The average molecular weight is 464 g/mol. The van der Waals surface area contributed by atoms with Crippen molar-refractivity contribution >= 4 is 46.9 Å². The number of halogens is 1. The minimum absolute atomic E-state index is 0.0752. The number of para-hydroxylation sites is 1. The summed E-state index contributed by atoms with van der Waals surface area (Å²) in [5, 5.41) is 2.18. The molecule has 3 aromatic rings. The Labute approximate surface area is 193 Å². The number of rotatable bonds is 4. The molecule has 2 amide bonds. The second-order valence-electron chi connectivity index (χ2n) is 7.13. The van der Waals surface area contributed by atoms with E-state index in [1.807, 2.05) is 6.92 Å². The van der Waals surface area contributed by atoms with Crippen molar-refractivity contribution in [1.82, 2.24) is 5.32 Å². The molecule has 1 aliphatic heterocycles. The normalized spacial score (nSPS) is 15.1. The number of methoxy groups -OCH3 is 1. The molecule has 166 valence electrons. The number of thiocarbonyl (C=S) groups is 1. The van der Waals surface area contributed by atoms with Crippen LogP contribution < -0.4 is 10.2 Å². The molecule has 0 saturated carbocycles. The van der Waals surface area contributed by atoms with Crippen LogP contribution in [0.5, 0.6) is 0 Å². The van der Waals surface area contributed by atoms with Gasteiger partial charge < -0.3 is 9.15 Å². The summed E-state index contributed by atoms with van der Waals surface area (Å²) in [7, 11) is 1.29. The van der Waals surface area contributed by atoms with Gasteiger partial charge in [0.05, 0.1) is 18.4 Å². The first kappa shape index (κ1) is 22.1. The van der Waals surface area contributed by atoms with E-state index in [4.69, 9.17) is 21.4 Å². The van der Waals surface area contributed by atoms with E-state index < -0.39 is 23.6 Å². The molecule has 0 unspecified atom stereocenters. The highest BCUT2D eigenvalue weighted by atomic mass is 32.1. The minimum atomic E-state index is -0.782. The Kier molecular flexibility index (Phi) is 5.89. The van der Waals surface area contributed by atoms with Crippen molar-refractivity contribution in [2.75, 3.05) is 12.0 Å². The van der Waals surface area contributed by atoms with Crippen molar-refractivity contribution in [3.8, 4) is 11.3 Å². The third-order valence-electron chi connectivity index (χ3n) is 5.03. The van der Waals surface area contributed by atoms with Gasteiger partial charge in [0.2, 0.25) is 0 Å². The summed E-state index contributed by atoms with van der Waals surface area (Å²) in [5.41, 5.74) is 1.50. The van der Waals surface area contributed by atoms with E-state index in [1.54, 1.807) is 36.4 Å². The zero-order chi connectivity index (χ0) is 23.7. The smallest absolute Gasteiger partial charge is 0.337 e. The van der Waals surface area contributed by atoms with Crippen molar-refractivity contribution in [2.24, 2.45) is 0 Å². The Morgan fingerprint density at radius 1 is 1.15 bits per heavy atom. The molecule has 0 spiro atoms. The molecule has 0 radical (unpaired) electrons. The fourth-order valence-corrected chi connectivity index (χ4v) is 3.63. The molecule has 0 atom stereocenters. The fourth-order valence-electron chi connectivity index (χ4n) is 3.36. The number of benzene rings is 2. The highest BCUT2D eigenvalue weighted by Gasteiger charge is 2.35. The number of anilines is 1. The van der Waals surface area contributed by atoms with Gasteiger partial charge >= 0.3 is 5.97 Å². The maximum absolute atomic E-state index is 14.3. The van der Waals surface area contributed by atoms with Crippen LogP contribution in [0.1, 0.15) is 21.7 Å². The lowest BCUT2D eigenvalue weighted by Crippen LogP contribution is -2.54. The SMILES string of the molecule is COC(=O)c1ccc(C)c(-c2ccc(/C=C3\C(=O)NC(=S)N(c4ccccc4F)C3=O)o2)c1. The van der Waals surface area contributed by atoms with Gasteiger partial charge in [-0.05, 0) is 67.2 Å². The lowest BCUT2D eigenvalue weighted by Gasteiger charge is -2.28. The number of amides is 2. The summed E-state index contributed by atoms with van der Waals surface area (Å²) in [6.45, 7) is 1.85. The summed E-state index contributed by atoms with van der Waals surface area (Å²) in [5.74, 6) is -2.01. The van der Waals surface area contributed by atoms with E-state index in [2.05, 4.69) is 5.32 Å². The molecule has 1 aliphatic rings. The number of carbonyl (C=O) groups is 3. The van der Waals surface area contributed by atoms with Crippen LogP contribution in [0, 0.1) is 12.7 Å². The summed E-state index contributed by atoms with van der Waals surface area (Å²) in [4.78, 5) is 38.3. The molecule has 1 fully saturated rings. The maximum Gasteiger partial charge on any atom is 0.337 e. The van der Waals surface area contributed by atoms with Crippen LogP contribution >= 0.6 is 12.2 Å². The number of hydrogen-bond acceptors (Lipinski definition) is 6. The summed E-state index contributed by atoms with van der Waals surface area (Å²) in [6, 6.07) is 13.9. The van der Waals surface area contributed by atoms with Crippen molar-refractivity contribution in [3.05, 3.63) is 82.9 Å². The number of nitrogens with one attached hydrogen (secondary N) is 1. The quantitative estimate of drug-likeness (QED) is 0.272. The Morgan fingerprint density at radius 2 is 1.91 bits per heavy atom. The van der Waals surface area contributed by atoms with E-state index in [0.29, 0.717) is 16.9 Å². The number of esters is 1. The Hall–Kier alpha value is -4.11. The molecule has 1 saturated heterocycles. The molecular formula is C24H17FN2O5S. The lowest BCUT2D eigenvalue weighted by molar-refractivity contribution is -0.122. The maximum atomic E-state index is 14.3. The Morgan fingerprint density at radius 3 is 2.64 bits per heavy atom. The highest BCUT2D eigenvalue weighted by Crippen LogP contribution is 2.29. The standard InChI is InChI=1S/C24H17FN2O5S/c1-13-7-8-14(23(30)31-2)11-16(13)20-10-9-15(32-20)12-17-21(28)26-24(33)27(22(17)29)19-6-4-3-5-18(19)25/h3-12H,1-2H3,(H,26,28,33)/b17-12+. The molecule has 0 aliphatic carbocycles. The van der Waals surface area contributed by atoms with Crippen molar-refractivity contribution in [2.45, 2.75) is 6.92 Å². The van der Waals surface area contributed by atoms with Gasteiger partial charge in [0.1, 0.15) is 22.9 Å². The van der Waals surface area contributed by atoms with Gasteiger partial charge in [0.25, 0.3) is 11.8 Å². The summed E-state index contributed by atoms with van der Waals surface area (Å²) < 4.78 is 24.9. The molecule has 7 nitrogen and oxygen atoms in total. The topological polar surface area (TPSA) is 88.9 Å². The average Bonchev–Trinajstić information content (AvgIpc) is 3.26. The number of nitrogens with zero attached hydrogens (tertiary/aromatic N) is 1. The first-order valence-electron chi connectivity index (χ1n) is 9.75. The van der Waals surface area contributed by atoms with Gasteiger partial charge in [-0.1, -0.05) is 18.2 Å². The predicted octanol–water partition coefficient (Wildman–Crippen LogP) is 4.01. The number of aryl methyl sites for hydroxylation is 1. The van der Waals surface area contributed by atoms with Crippen LogP contribution in [-0.4, -0.2) is 30.0 Å². The van der Waals surface area contributed by atoms with E-state index in [1.165, 1.54) is 31.4 Å². The molecule has 2 heterocycles. The molecule has 2 aromatic carbocycles. The van der Waals surface area contributed by atoms with Crippen LogP contribution in [0.15, 0.2) is 64.6 Å². The first-order valence-corrected chi connectivity index (χ1v) is 10.2. The van der Waals surface area contributed by atoms with E-state index in [9.17, 15) is 18.8 Å². The molecule has 4 rings (SSSR count). The van der Waals surface area contributed by atoms with E-state index in [-0.39, 0.29) is 22.1 Å². The molecule has 9 heteroatoms. The number of hydrogen-bond donors (Lipinski definition) is 1. The largest absolute Gasteiger partial charge is 0.465 e. The molecule has 1 N–H and O–H groups in total. The lowest BCUT2D eigenvalue weighted by atomic mass is 10.0. The Balaban J connectivity index is 1.70. The van der Waals surface area contributed by atoms with Crippen molar-refractivity contribution in [1.29, 1.82) is 0 Å². The summed E-state index contributed by atoms with van der Waals surface area (Å²) >= 11 is 5.08. The molecule has 0 bridgehead atoms. The van der Waals surface area contributed by atoms with E-state index in [0.717, 1.165) is 10.5 Å². The van der Waals surface area contributed by atoms with Crippen molar-refractivity contribution < 1.29 is 27.9 Å². The monoisotopic (exact) mass is 464 g/mol.